The average Bonchev–Trinajstić information content (AvgIpc) is 2.53. The number of benzene rings is 2. The maximum absolute atomic E-state index is 3.55. The fourth-order valence-electron chi connectivity index (χ4n) is 3.08. The molecule has 0 spiro atoms. The molecule has 1 aliphatic rings. The molecule has 2 aromatic carbocycles. The van der Waals surface area contributed by atoms with Gasteiger partial charge in [-0.25, -0.2) is 0 Å². The van der Waals surface area contributed by atoms with Crippen molar-refractivity contribution < 1.29 is 0 Å². The quantitative estimate of drug-likeness (QED) is 0.846. The molecule has 0 aromatic heterocycles. The van der Waals surface area contributed by atoms with Crippen molar-refractivity contribution in [2.75, 3.05) is 13.1 Å². The van der Waals surface area contributed by atoms with E-state index in [1.54, 1.807) is 0 Å². The highest BCUT2D eigenvalue weighted by Crippen LogP contribution is 2.22. The highest BCUT2D eigenvalue weighted by Gasteiger charge is 2.21. The standard InChI is InChI=1S/C19H24N2/c1-16-13-18-9-5-6-10-19(18)15-21(16)12-11-20-14-17-7-3-2-4-8-17/h2-10,16,20H,11-15H2,1H3. The predicted molar refractivity (Wildman–Crippen MR) is 88.2 cm³/mol. The Morgan fingerprint density at radius 3 is 2.52 bits per heavy atom. The lowest BCUT2D eigenvalue weighted by Gasteiger charge is -2.34. The Bertz CT molecular complexity index is 565. The van der Waals surface area contributed by atoms with E-state index in [2.05, 4.69) is 71.7 Å². The van der Waals surface area contributed by atoms with Crippen molar-refractivity contribution in [2.45, 2.75) is 32.5 Å². The van der Waals surface area contributed by atoms with Crippen LogP contribution in [0.2, 0.25) is 0 Å². The van der Waals surface area contributed by atoms with Gasteiger partial charge in [0.1, 0.15) is 0 Å². The molecular weight excluding hydrogens is 256 g/mol. The topological polar surface area (TPSA) is 15.3 Å². The molecule has 0 saturated heterocycles. The lowest BCUT2D eigenvalue weighted by Crippen LogP contribution is -2.41. The number of nitrogens with one attached hydrogen (secondary N) is 1. The van der Waals surface area contributed by atoms with E-state index in [0.717, 1.165) is 26.2 Å². The van der Waals surface area contributed by atoms with Crippen LogP contribution in [0, 0.1) is 0 Å². The summed E-state index contributed by atoms with van der Waals surface area (Å²) in [5.41, 5.74) is 4.38. The summed E-state index contributed by atoms with van der Waals surface area (Å²) < 4.78 is 0. The van der Waals surface area contributed by atoms with Crippen LogP contribution in [-0.2, 0) is 19.5 Å². The molecule has 0 radical (unpaired) electrons. The molecule has 0 amide bonds. The van der Waals surface area contributed by atoms with Crippen LogP contribution in [-0.4, -0.2) is 24.0 Å². The third-order valence-corrected chi connectivity index (χ3v) is 4.38. The van der Waals surface area contributed by atoms with Crippen LogP contribution in [0.15, 0.2) is 54.6 Å². The molecule has 1 atom stereocenters. The van der Waals surface area contributed by atoms with Crippen molar-refractivity contribution in [1.82, 2.24) is 10.2 Å². The van der Waals surface area contributed by atoms with Gasteiger partial charge in [0.05, 0.1) is 0 Å². The van der Waals surface area contributed by atoms with E-state index in [9.17, 15) is 0 Å². The zero-order valence-electron chi connectivity index (χ0n) is 12.8. The third-order valence-electron chi connectivity index (χ3n) is 4.38. The molecule has 1 aliphatic heterocycles. The number of nitrogens with zero attached hydrogens (tertiary/aromatic N) is 1. The van der Waals surface area contributed by atoms with Gasteiger partial charge in [-0.1, -0.05) is 54.6 Å². The van der Waals surface area contributed by atoms with Crippen LogP contribution in [0.5, 0.6) is 0 Å². The molecule has 1 heterocycles. The van der Waals surface area contributed by atoms with E-state index >= 15 is 0 Å². The normalized spacial score (nSPS) is 18.4. The molecule has 1 unspecified atom stereocenters. The minimum absolute atomic E-state index is 0.637. The molecule has 2 nitrogen and oxygen atoms in total. The SMILES string of the molecule is CC1Cc2ccccc2CN1CCNCc1ccccc1. The van der Waals surface area contributed by atoms with Crippen molar-refractivity contribution in [3.05, 3.63) is 71.3 Å². The first kappa shape index (κ1) is 14.3. The third kappa shape index (κ3) is 3.72. The molecule has 0 saturated carbocycles. The predicted octanol–water partition coefficient (Wildman–Crippen LogP) is 3.22. The molecule has 21 heavy (non-hydrogen) atoms. The molecule has 3 rings (SSSR count). The monoisotopic (exact) mass is 280 g/mol. The summed E-state index contributed by atoms with van der Waals surface area (Å²) in [6.07, 6.45) is 1.18. The van der Waals surface area contributed by atoms with Gasteiger partial charge in [0.15, 0.2) is 0 Å². The minimum atomic E-state index is 0.637. The van der Waals surface area contributed by atoms with Crippen LogP contribution in [0.25, 0.3) is 0 Å². The van der Waals surface area contributed by atoms with Gasteiger partial charge < -0.3 is 5.32 Å². The van der Waals surface area contributed by atoms with Crippen LogP contribution >= 0.6 is 0 Å². The van der Waals surface area contributed by atoms with E-state index in [0.29, 0.717) is 6.04 Å². The second-order valence-electron chi connectivity index (χ2n) is 5.95. The number of hydrogen-bond donors (Lipinski definition) is 1. The Balaban J connectivity index is 1.48. The van der Waals surface area contributed by atoms with Gasteiger partial charge in [0, 0.05) is 32.2 Å². The Morgan fingerprint density at radius 2 is 1.71 bits per heavy atom. The smallest absolute Gasteiger partial charge is 0.0239 e. The molecule has 1 N–H and O–H groups in total. The molecule has 2 heteroatoms. The lowest BCUT2D eigenvalue weighted by atomic mass is 9.95. The fourth-order valence-corrected chi connectivity index (χ4v) is 3.08. The van der Waals surface area contributed by atoms with Crippen molar-refractivity contribution in [2.24, 2.45) is 0 Å². The summed E-state index contributed by atoms with van der Waals surface area (Å²) in [6.45, 7) is 6.54. The van der Waals surface area contributed by atoms with Crippen LogP contribution in [0.3, 0.4) is 0 Å². The zero-order valence-corrected chi connectivity index (χ0v) is 12.8. The molecule has 0 bridgehead atoms. The molecule has 2 aromatic rings. The summed E-state index contributed by atoms with van der Waals surface area (Å²) in [5, 5.41) is 3.55. The fraction of sp³-hybridized carbons (Fsp3) is 0.368. The molecule has 0 aliphatic carbocycles. The molecule has 0 fully saturated rings. The second-order valence-corrected chi connectivity index (χ2v) is 5.95. The molecule has 110 valence electrons. The number of hydrogen-bond acceptors (Lipinski definition) is 2. The van der Waals surface area contributed by atoms with Gasteiger partial charge >= 0.3 is 0 Å². The van der Waals surface area contributed by atoms with E-state index in [-0.39, 0.29) is 0 Å². The Morgan fingerprint density at radius 1 is 1.00 bits per heavy atom. The van der Waals surface area contributed by atoms with Gasteiger partial charge in [0.2, 0.25) is 0 Å². The first-order chi connectivity index (χ1) is 10.3. The van der Waals surface area contributed by atoms with Crippen molar-refractivity contribution in [3.8, 4) is 0 Å². The maximum Gasteiger partial charge on any atom is 0.0239 e. The van der Waals surface area contributed by atoms with Crippen molar-refractivity contribution in [1.29, 1.82) is 0 Å². The highest BCUT2D eigenvalue weighted by atomic mass is 15.2. The van der Waals surface area contributed by atoms with Gasteiger partial charge in [-0.15, -0.1) is 0 Å². The Hall–Kier alpha value is -1.64. The maximum atomic E-state index is 3.55. The summed E-state index contributed by atoms with van der Waals surface area (Å²) in [7, 11) is 0. The van der Waals surface area contributed by atoms with Gasteiger partial charge in [0.25, 0.3) is 0 Å². The van der Waals surface area contributed by atoms with Crippen molar-refractivity contribution >= 4 is 0 Å². The van der Waals surface area contributed by atoms with E-state index < -0.39 is 0 Å². The first-order valence-electron chi connectivity index (χ1n) is 7.88. The highest BCUT2D eigenvalue weighted by molar-refractivity contribution is 5.29. The van der Waals surface area contributed by atoms with Gasteiger partial charge in [-0.05, 0) is 30.0 Å². The van der Waals surface area contributed by atoms with Crippen molar-refractivity contribution in [3.63, 3.8) is 0 Å². The van der Waals surface area contributed by atoms with Crippen LogP contribution in [0.4, 0.5) is 0 Å². The molecular formula is C19H24N2. The van der Waals surface area contributed by atoms with E-state index in [1.165, 1.54) is 23.1 Å². The number of fused-ring (bicyclic) bond motifs is 1. The Labute approximate surface area is 127 Å². The van der Waals surface area contributed by atoms with Crippen LogP contribution < -0.4 is 5.32 Å². The zero-order chi connectivity index (χ0) is 14.5. The van der Waals surface area contributed by atoms with Crippen LogP contribution in [0.1, 0.15) is 23.6 Å². The summed E-state index contributed by atoms with van der Waals surface area (Å²) >= 11 is 0. The number of rotatable bonds is 5. The minimum Gasteiger partial charge on any atom is -0.311 e. The first-order valence-corrected chi connectivity index (χ1v) is 7.88. The summed E-state index contributed by atoms with van der Waals surface area (Å²) in [5.74, 6) is 0. The second kappa shape index (κ2) is 6.88. The van der Waals surface area contributed by atoms with Gasteiger partial charge in [-0.2, -0.15) is 0 Å². The largest absolute Gasteiger partial charge is 0.311 e. The van der Waals surface area contributed by atoms with E-state index in [4.69, 9.17) is 0 Å². The lowest BCUT2D eigenvalue weighted by molar-refractivity contribution is 0.185. The summed E-state index contributed by atoms with van der Waals surface area (Å²) in [6, 6.07) is 20.1. The van der Waals surface area contributed by atoms with Gasteiger partial charge in [-0.3, -0.25) is 4.90 Å². The average molecular weight is 280 g/mol. The summed E-state index contributed by atoms with van der Waals surface area (Å²) in [4.78, 5) is 2.58. The Kier molecular flexibility index (Phi) is 4.69. The van der Waals surface area contributed by atoms with E-state index in [1.807, 2.05) is 0 Å².